The summed E-state index contributed by atoms with van der Waals surface area (Å²) in [7, 11) is 0. The maximum absolute atomic E-state index is 13.8. The minimum absolute atomic E-state index is 0.0733. The number of nitrogens with zero attached hydrogens (tertiary/aromatic N) is 6. The number of fused-ring (bicyclic) bond motifs is 1. The molecule has 2 aromatic heterocycles. The van der Waals surface area contributed by atoms with Crippen LogP contribution in [0.2, 0.25) is 0 Å². The van der Waals surface area contributed by atoms with Crippen molar-refractivity contribution in [3.8, 4) is 0 Å². The van der Waals surface area contributed by atoms with Crippen molar-refractivity contribution in [1.82, 2.24) is 19.7 Å². The Bertz CT molecular complexity index is 1240. The second-order valence-corrected chi connectivity index (χ2v) is 7.57. The van der Waals surface area contributed by atoms with Gasteiger partial charge in [0.1, 0.15) is 24.5 Å². The molecular weight excluding hydrogens is 409 g/mol. The zero-order valence-corrected chi connectivity index (χ0v) is 17.4. The van der Waals surface area contributed by atoms with Gasteiger partial charge in [-0.1, -0.05) is 30.3 Å². The van der Waals surface area contributed by atoms with Crippen LogP contribution in [-0.4, -0.2) is 51.8 Å². The Labute approximate surface area is 184 Å². The van der Waals surface area contributed by atoms with Gasteiger partial charge in [-0.25, -0.2) is 19.0 Å². The Morgan fingerprint density at radius 3 is 2.44 bits per heavy atom. The molecule has 1 saturated heterocycles. The summed E-state index contributed by atoms with van der Waals surface area (Å²) in [6.07, 6.45) is 3.18. The number of carbonyl (C=O) groups excluding carboxylic acids is 1. The number of hydrogen-bond donors (Lipinski definition) is 1. The predicted molar refractivity (Wildman–Crippen MR) is 121 cm³/mol. The molecule has 9 heteroatoms. The number of carbonyl (C=O) groups is 1. The quantitative estimate of drug-likeness (QED) is 0.524. The number of anilines is 3. The molecule has 0 aliphatic carbocycles. The van der Waals surface area contributed by atoms with Crippen LogP contribution in [0.5, 0.6) is 0 Å². The summed E-state index contributed by atoms with van der Waals surface area (Å²) in [5.41, 5.74) is 1.93. The number of nitrogens with one attached hydrogen (secondary N) is 1. The summed E-state index contributed by atoms with van der Waals surface area (Å²) >= 11 is 0. The first-order valence-corrected chi connectivity index (χ1v) is 10.4. The Morgan fingerprint density at radius 1 is 0.938 bits per heavy atom. The van der Waals surface area contributed by atoms with E-state index in [1.807, 2.05) is 18.2 Å². The van der Waals surface area contributed by atoms with E-state index in [0.29, 0.717) is 5.65 Å². The maximum atomic E-state index is 13.8. The van der Waals surface area contributed by atoms with Crippen molar-refractivity contribution in [1.29, 1.82) is 0 Å². The smallest absolute Gasteiger partial charge is 0.246 e. The Kier molecular flexibility index (Phi) is 5.37. The van der Waals surface area contributed by atoms with E-state index in [1.165, 1.54) is 28.8 Å². The molecule has 8 nitrogen and oxygen atoms in total. The third-order valence-corrected chi connectivity index (χ3v) is 5.55. The van der Waals surface area contributed by atoms with Crippen molar-refractivity contribution in [2.45, 2.75) is 6.54 Å². The highest BCUT2D eigenvalue weighted by atomic mass is 19.1. The van der Waals surface area contributed by atoms with Crippen LogP contribution in [0, 0.1) is 5.82 Å². The molecule has 2 aromatic carbocycles. The third kappa shape index (κ3) is 3.96. The highest BCUT2D eigenvalue weighted by molar-refractivity contribution is 5.92. The lowest BCUT2D eigenvalue weighted by molar-refractivity contribution is -0.116. The second-order valence-electron chi connectivity index (χ2n) is 7.57. The van der Waals surface area contributed by atoms with Crippen LogP contribution < -0.4 is 15.1 Å². The summed E-state index contributed by atoms with van der Waals surface area (Å²) < 4.78 is 15.3. The molecule has 0 unspecified atom stereocenters. The number of aromatic nitrogens is 4. The topological polar surface area (TPSA) is 79.2 Å². The fourth-order valence-corrected chi connectivity index (χ4v) is 3.95. The second kappa shape index (κ2) is 8.62. The molecule has 1 aliphatic heterocycles. The van der Waals surface area contributed by atoms with Crippen LogP contribution in [0.25, 0.3) is 11.0 Å². The van der Waals surface area contributed by atoms with Gasteiger partial charge in [-0.05, 0) is 24.3 Å². The zero-order valence-electron chi connectivity index (χ0n) is 17.4. The predicted octanol–water partition coefficient (Wildman–Crippen LogP) is 2.93. The van der Waals surface area contributed by atoms with Crippen LogP contribution in [0.4, 0.5) is 21.6 Å². The van der Waals surface area contributed by atoms with Crippen molar-refractivity contribution >= 4 is 34.1 Å². The normalized spacial score (nSPS) is 14.0. The van der Waals surface area contributed by atoms with Gasteiger partial charge in [0.05, 0.1) is 17.3 Å². The molecule has 1 aliphatic rings. The van der Waals surface area contributed by atoms with Crippen molar-refractivity contribution in [2.24, 2.45) is 0 Å². The average Bonchev–Trinajstić information content (AvgIpc) is 3.24. The van der Waals surface area contributed by atoms with Gasteiger partial charge in [-0.2, -0.15) is 5.10 Å². The number of halogens is 1. The lowest BCUT2D eigenvalue weighted by Gasteiger charge is -2.36. The Balaban J connectivity index is 1.30. The lowest BCUT2D eigenvalue weighted by atomic mass is 10.2. The van der Waals surface area contributed by atoms with E-state index in [2.05, 4.69) is 42.3 Å². The fraction of sp³-hybridized carbons (Fsp3) is 0.217. The number of benzene rings is 2. The molecule has 0 radical (unpaired) electrons. The first-order chi connectivity index (χ1) is 15.7. The van der Waals surface area contributed by atoms with Crippen LogP contribution >= 0.6 is 0 Å². The van der Waals surface area contributed by atoms with E-state index >= 15 is 0 Å². The zero-order chi connectivity index (χ0) is 21.9. The molecule has 0 spiro atoms. The molecule has 1 N–H and O–H groups in total. The van der Waals surface area contributed by atoms with E-state index in [1.54, 1.807) is 18.3 Å². The molecule has 32 heavy (non-hydrogen) atoms. The van der Waals surface area contributed by atoms with Gasteiger partial charge in [0.15, 0.2) is 5.65 Å². The van der Waals surface area contributed by atoms with Gasteiger partial charge in [0.2, 0.25) is 5.91 Å². The molecule has 0 atom stereocenters. The van der Waals surface area contributed by atoms with Gasteiger partial charge in [0.25, 0.3) is 0 Å². The van der Waals surface area contributed by atoms with Crippen molar-refractivity contribution in [3.63, 3.8) is 0 Å². The van der Waals surface area contributed by atoms with Gasteiger partial charge in [-0.3, -0.25) is 4.79 Å². The van der Waals surface area contributed by atoms with Gasteiger partial charge in [0, 0.05) is 31.9 Å². The van der Waals surface area contributed by atoms with E-state index in [4.69, 9.17) is 0 Å². The molecule has 0 saturated carbocycles. The average molecular weight is 431 g/mol. The summed E-state index contributed by atoms with van der Waals surface area (Å²) in [5.74, 6) is -0.0503. The monoisotopic (exact) mass is 431 g/mol. The first-order valence-electron chi connectivity index (χ1n) is 10.4. The number of rotatable bonds is 5. The Morgan fingerprint density at radius 2 is 1.66 bits per heavy atom. The van der Waals surface area contributed by atoms with Crippen LogP contribution in [0.3, 0.4) is 0 Å². The number of para-hydroxylation sites is 2. The summed E-state index contributed by atoms with van der Waals surface area (Å²) in [4.78, 5) is 25.8. The van der Waals surface area contributed by atoms with Gasteiger partial charge < -0.3 is 15.1 Å². The first kappa shape index (κ1) is 19.9. The molecule has 0 bridgehead atoms. The molecule has 3 heterocycles. The Hall–Kier alpha value is -4.01. The molecule has 1 amide bonds. The third-order valence-electron chi connectivity index (χ3n) is 5.55. The largest absolute Gasteiger partial charge is 0.368 e. The lowest BCUT2D eigenvalue weighted by Crippen LogP contribution is -2.46. The highest BCUT2D eigenvalue weighted by Gasteiger charge is 2.22. The summed E-state index contributed by atoms with van der Waals surface area (Å²) in [5, 5.41) is 7.71. The van der Waals surface area contributed by atoms with Crippen molar-refractivity contribution < 1.29 is 9.18 Å². The molecule has 162 valence electrons. The number of hydrogen-bond acceptors (Lipinski definition) is 6. The fourth-order valence-electron chi connectivity index (χ4n) is 3.95. The summed E-state index contributed by atoms with van der Waals surface area (Å²) in [6, 6.07) is 16.4. The molecule has 1 fully saturated rings. The minimum atomic E-state index is -0.481. The SMILES string of the molecule is O=C(Cn1ncc2c(N3CCN(c4ccccc4)CC3)ncnc21)Nc1ccccc1F. The number of piperazine rings is 1. The van der Waals surface area contributed by atoms with E-state index in [-0.39, 0.29) is 18.1 Å². The maximum Gasteiger partial charge on any atom is 0.246 e. The van der Waals surface area contributed by atoms with Crippen LogP contribution in [-0.2, 0) is 11.3 Å². The van der Waals surface area contributed by atoms with Crippen molar-refractivity contribution in [3.05, 3.63) is 72.9 Å². The van der Waals surface area contributed by atoms with E-state index in [0.717, 1.165) is 37.4 Å². The van der Waals surface area contributed by atoms with Crippen LogP contribution in [0.1, 0.15) is 0 Å². The minimum Gasteiger partial charge on any atom is -0.368 e. The molecule has 5 rings (SSSR count). The highest BCUT2D eigenvalue weighted by Crippen LogP contribution is 2.25. The summed E-state index contributed by atoms with van der Waals surface area (Å²) in [6.45, 7) is 3.33. The van der Waals surface area contributed by atoms with Crippen LogP contribution in [0.15, 0.2) is 67.1 Å². The number of amides is 1. The standard InChI is InChI=1S/C23H22FN7O/c24-19-8-4-5-9-20(19)28-21(32)15-31-23-18(14-27-31)22(25-16-26-23)30-12-10-29(11-13-30)17-6-2-1-3-7-17/h1-9,14,16H,10-13,15H2,(H,28,32). The molecule has 4 aromatic rings. The molecular formula is C23H22FN7O. The van der Waals surface area contributed by atoms with Gasteiger partial charge >= 0.3 is 0 Å². The van der Waals surface area contributed by atoms with Gasteiger partial charge in [-0.15, -0.1) is 0 Å². The van der Waals surface area contributed by atoms with E-state index < -0.39 is 5.82 Å². The van der Waals surface area contributed by atoms with Crippen molar-refractivity contribution in [2.75, 3.05) is 41.3 Å². The van der Waals surface area contributed by atoms with E-state index in [9.17, 15) is 9.18 Å².